The van der Waals surface area contributed by atoms with Crippen molar-refractivity contribution in [2.75, 3.05) is 32.3 Å². The van der Waals surface area contributed by atoms with Crippen molar-refractivity contribution >= 4 is 21.9 Å². The van der Waals surface area contributed by atoms with E-state index in [0.717, 1.165) is 10.9 Å². The number of alkyl halides is 1. The molecule has 1 unspecified atom stereocenters. The van der Waals surface area contributed by atoms with Gasteiger partial charge in [0, 0.05) is 18.4 Å². The van der Waals surface area contributed by atoms with Gasteiger partial charge < -0.3 is 18.9 Å². The predicted molar refractivity (Wildman–Crippen MR) is 88.0 cm³/mol. The van der Waals surface area contributed by atoms with E-state index >= 15 is 0 Å². The summed E-state index contributed by atoms with van der Waals surface area (Å²) in [6.07, 6.45) is -0.177. The maximum absolute atomic E-state index is 11.9. The molecule has 0 radical (unpaired) electrons. The molecule has 5 nitrogen and oxygen atoms in total. The van der Waals surface area contributed by atoms with E-state index in [1.807, 2.05) is 25.1 Å². The molecule has 0 aliphatic heterocycles. The topological polar surface area (TPSA) is 54.0 Å². The first-order valence-corrected chi connectivity index (χ1v) is 8.42. The van der Waals surface area contributed by atoms with Gasteiger partial charge in [-0.25, -0.2) is 4.79 Å². The number of halogens is 1. The van der Waals surface area contributed by atoms with Crippen molar-refractivity contribution in [1.82, 2.24) is 0 Å². The molecule has 0 N–H and O–H groups in total. The molecule has 0 aliphatic rings. The number of hydrogen-bond acceptors (Lipinski definition) is 5. The smallest absolute Gasteiger partial charge is 0.335 e. The number of ether oxygens (including phenoxy) is 4. The molecule has 0 aliphatic carbocycles. The summed E-state index contributed by atoms with van der Waals surface area (Å²) in [5.41, 5.74) is 0.928. The maximum Gasteiger partial charge on any atom is 0.335 e. The lowest BCUT2D eigenvalue weighted by Gasteiger charge is -2.17. The molecule has 0 saturated carbocycles. The molecule has 1 aromatic carbocycles. The van der Waals surface area contributed by atoms with Gasteiger partial charge in [-0.1, -0.05) is 22.0 Å². The van der Waals surface area contributed by atoms with Gasteiger partial charge in [0.1, 0.15) is 0 Å². The van der Waals surface area contributed by atoms with Crippen LogP contribution in [0.4, 0.5) is 0 Å². The fourth-order valence-corrected chi connectivity index (χ4v) is 2.13. The summed E-state index contributed by atoms with van der Waals surface area (Å²) in [7, 11) is 1.59. The summed E-state index contributed by atoms with van der Waals surface area (Å²) in [6.45, 7) is 4.95. The molecular formula is C16H23BrO5. The average molecular weight is 375 g/mol. The molecule has 22 heavy (non-hydrogen) atoms. The molecule has 1 aromatic rings. The first kappa shape index (κ1) is 18.8. The minimum atomic E-state index is -0.609. The lowest BCUT2D eigenvalue weighted by atomic mass is 10.1. The number of hydrogen-bond donors (Lipinski definition) is 0. The Morgan fingerprint density at radius 1 is 1.23 bits per heavy atom. The summed E-state index contributed by atoms with van der Waals surface area (Å²) >= 11 is 3.32. The fourth-order valence-electron chi connectivity index (χ4n) is 1.97. The van der Waals surface area contributed by atoms with Crippen LogP contribution in [0.2, 0.25) is 0 Å². The molecule has 0 amide bonds. The van der Waals surface area contributed by atoms with E-state index in [4.69, 9.17) is 18.9 Å². The van der Waals surface area contributed by atoms with Gasteiger partial charge >= 0.3 is 5.97 Å². The Kier molecular flexibility index (Phi) is 8.92. The number of carbonyl (C=O) groups is 1. The highest BCUT2D eigenvalue weighted by Gasteiger charge is 2.21. The van der Waals surface area contributed by atoms with E-state index in [-0.39, 0.29) is 5.97 Å². The maximum atomic E-state index is 11.9. The summed E-state index contributed by atoms with van der Waals surface area (Å²) in [6, 6.07) is 5.59. The lowest BCUT2D eigenvalue weighted by Crippen LogP contribution is -2.29. The highest BCUT2D eigenvalue weighted by Crippen LogP contribution is 2.29. The first-order chi connectivity index (χ1) is 10.7. The number of benzene rings is 1. The van der Waals surface area contributed by atoms with E-state index in [1.54, 1.807) is 14.0 Å². The van der Waals surface area contributed by atoms with Gasteiger partial charge in [-0.3, -0.25) is 0 Å². The standard InChI is InChI=1S/C16H23BrO5/c1-4-20-15(16(18)21-5-2)11-12-6-7-13(19-3)14(10-12)22-9-8-17/h6-7,10,15H,4-5,8-9,11H2,1-3H3. The second-order valence-electron chi connectivity index (χ2n) is 4.42. The fraction of sp³-hybridized carbons (Fsp3) is 0.562. The largest absolute Gasteiger partial charge is 0.493 e. The molecule has 6 heteroatoms. The summed E-state index contributed by atoms with van der Waals surface area (Å²) in [5.74, 6) is 0.968. The van der Waals surface area contributed by atoms with Crippen LogP contribution in [-0.2, 0) is 20.7 Å². The van der Waals surface area contributed by atoms with E-state index in [9.17, 15) is 4.79 Å². The van der Waals surface area contributed by atoms with Crippen LogP contribution >= 0.6 is 15.9 Å². The van der Waals surface area contributed by atoms with Crippen LogP contribution < -0.4 is 9.47 Å². The van der Waals surface area contributed by atoms with Gasteiger partial charge in [0.15, 0.2) is 17.6 Å². The van der Waals surface area contributed by atoms with Crippen LogP contribution in [0, 0.1) is 0 Å². The van der Waals surface area contributed by atoms with Crippen molar-refractivity contribution in [3.63, 3.8) is 0 Å². The van der Waals surface area contributed by atoms with Crippen molar-refractivity contribution in [1.29, 1.82) is 0 Å². The molecule has 0 fully saturated rings. The SMILES string of the molecule is CCOC(=O)C(Cc1ccc(OC)c(OCCBr)c1)OCC. The Bertz CT molecular complexity index is 464. The quantitative estimate of drug-likeness (QED) is 0.465. The zero-order valence-corrected chi connectivity index (χ0v) is 14.9. The van der Waals surface area contributed by atoms with Crippen LogP contribution in [0.25, 0.3) is 0 Å². The third kappa shape index (κ3) is 5.85. The van der Waals surface area contributed by atoms with Gasteiger partial charge in [-0.05, 0) is 31.5 Å². The summed E-state index contributed by atoms with van der Waals surface area (Å²) in [5, 5.41) is 0.727. The van der Waals surface area contributed by atoms with E-state index in [1.165, 1.54) is 0 Å². The van der Waals surface area contributed by atoms with Gasteiger partial charge in [0.2, 0.25) is 0 Å². The molecular weight excluding hydrogens is 352 g/mol. The van der Waals surface area contributed by atoms with E-state index in [2.05, 4.69) is 15.9 Å². The molecule has 1 rings (SSSR count). The minimum Gasteiger partial charge on any atom is -0.493 e. The molecule has 0 aromatic heterocycles. The lowest BCUT2D eigenvalue weighted by molar-refractivity contribution is -0.156. The van der Waals surface area contributed by atoms with Gasteiger partial charge in [0.25, 0.3) is 0 Å². The third-order valence-electron chi connectivity index (χ3n) is 2.90. The number of esters is 1. The second kappa shape index (κ2) is 10.5. The highest BCUT2D eigenvalue weighted by molar-refractivity contribution is 9.09. The van der Waals surface area contributed by atoms with Crippen LogP contribution in [0.3, 0.4) is 0 Å². The Morgan fingerprint density at radius 3 is 2.59 bits per heavy atom. The number of carbonyl (C=O) groups excluding carboxylic acids is 1. The monoisotopic (exact) mass is 374 g/mol. The third-order valence-corrected chi connectivity index (χ3v) is 3.22. The van der Waals surface area contributed by atoms with Gasteiger partial charge in [-0.15, -0.1) is 0 Å². The molecule has 124 valence electrons. The first-order valence-electron chi connectivity index (χ1n) is 7.30. The predicted octanol–water partition coefficient (Wildman–Crippen LogP) is 2.98. The van der Waals surface area contributed by atoms with Crippen LogP contribution in [0.5, 0.6) is 11.5 Å². The van der Waals surface area contributed by atoms with Crippen LogP contribution in [0.15, 0.2) is 18.2 Å². The van der Waals surface area contributed by atoms with Gasteiger partial charge in [-0.2, -0.15) is 0 Å². The molecule has 0 spiro atoms. The molecule has 0 heterocycles. The Hall–Kier alpha value is -1.27. The number of methoxy groups -OCH3 is 1. The Labute approximate surface area is 140 Å². The second-order valence-corrected chi connectivity index (χ2v) is 5.22. The normalized spacial score (nSPS) is 11.8. The number of rotatable bonds is 10. The average Bonchev–Trinajstić information content (AvgIpc) is 2.52. The molecule has 1 atom stereocenters. The Morgan fingerprint density at radius 2 is 2.00 bits per heavy atom. The van der Waals surface area contributed by atoms with Crippen molar-refractivity contribution in [3.05, 3.63) is 23.8 Å². The van der Waals surface area contributed by atoms with Crippen molar-refractivity contribution in [2.24, 2.45) is 0 Å². The zero-order valence-electron chi connectivity index (χ0n) is 13.3. The Balaban J connectivity index is 2.87. The molecule has 0 saturated heterocycles. The zero-order chi connectivity index (χ0) is 16.4. The van der Waals surface area contributed by atoms with Gasteiger partial charge in [0.05, 0.1) is 20.3 Å². The summed E-state index contributed by atoms with van der Waals surface area (Å²) in [4.78, 5) is 11.9. The highest BCUT2D eigenvalue weighted by atomic mass is 79.9. The van der Waals surface area contributed by atoms with E-state index in [0.29, 0.717) is 37.7 Å². The van der Waals surface area contributed by atoms with Crippen molar-refractivity contribution in [2.45, 2.75) is 26.4 Å². The van der Waals surface area contributed by atoms with Crippen molar-refractivity contribution in [3.8, 4) is 11.5 Å². The minimum absolute atomic E-state index is 0.338. The molecule has 0 bridgehead atoms. The van der Waals surface area contributed by atoms with Crippen LogP contribution in [-0.4, -0.2) is 44.3 Å². The van der Waals surface area contributed by atoms with Crippen molar-refractivity contribution < 1.29 is 23.7 Å². The van der Waals surface area contributed by atoms with Crippen LogP contribution in [0.1, 0.15) is 19.4 Å². The summed E-state index contributed by atoms with van der Waals surface area (Å²) < 4.78 is 21.4. The van der Waals surface area contributed by atoms with E-state index < -0.39 is 6.10 Å².